The summed E-state index contributed by atoms with van der Waals surface area (Å²) in [6.07, 6.45) is 5.59. The SMILES string of the molecule is CC(C)(O)CNc1c(N)cc(/C(S)=C(/C=C/CC(N)CCCNC=O)c2ccc(C#N)c(F)c2)c(F)c1F. The molecule has 1 unspecified atom stereocenters. The van der Waals surface area contributed by atoms with Gasteiger partial charge in [0, 0.05) is 29.6 Å². The second-order valence-electron chi connectivity index (χ2n) is 9.36. The predicted molar refractivity (Wildman–Crippen MR) is 148 cm³/mol. The number of allylic oxidation sites excluding steroid dienone is 2. The summed E-state index contributed by atoms with van der Waals surface area (Å²) in [6.45, 7) is 3.40. The number of nitriles is 1. The van der Waals surface area contributed by atoms with Gasteiger partial charge < -0.3 is 27.2 Å². The van der Waals surface area contributed by atoms with Crippen molar-refractivity contribution in [2.75, 3.05) is 24.1 Å². The molecule has 0 saturated heterocycles. The molecule has 0 bridgehead atoms. The Kier molecular flexibility index (Phi) is 11.3. The Morgan fingerprint density at radius 1 is 1.26 bits per heavy atom. The van der Waals surface area contributed by atoms with Crippen LogP contribution in [-0.2, 0) is 4.79 Å². The van der Waals surface area contributed by atoms with E-state index in [0.29, 0.717) is 32.2 Å². The number of halogens is 3. The molecule has 0 fully saturated rings. The van der Waals surface area contributed by atoms with Crippen LogP contribution in [0, 0.1) is 28.8 Å². The number of rotatable bonds is 13. The van der Waals surface area contributed by atoms with Gasteiger partial charge in [0.15, 0.2) is 11.6 Å². The number of hydrogen-bond acceptors (Lipinski definition) is 7. The Morgan fingerprint density at radius 2 is 1.97 bits per heavy atom. The topological polar surface area (TPSA) is 137 Å². The molecule has 0 aliphatic heterocycles. The molecule has 0 saturated carbocycles. The van der Waals surface area contributed by atoms with E-state index in [9.17, 15) is 14.3 Å². The highest BCUT2D eigenvalue weighted by molar-refractivity contribution is 7.90. The van der Waals surface area contributed by atoms with Crippen LogP contribution < -0.4 is 22.1 Å². The minimum absolute atomic E-state index is 0.0220. The van der Waals surface area contributed by atoms with Crippen LogP contribution in [0.4, 0.5) is 24.5 Å². The number of hydrogen-bond donors (Lipinski definition) is 6. The molecule has 0 radical (unpaired) electrons. The number of thiol groups is 1. The maximum absolute atomic E-state index is 15.2. The number of nitrogens with two attached hydrogens (primary N) is 2. The van der Waals surface area contributed by atoms with Gasteiger partial charge in [-0.15, -0.1) is 12.6 Å². The summed E-state index contributed by atoms with van der Waals surface area (Å²) in [4.78, 5) is 10.3. The number of nitrogens with one attached hydrogen (secondary N) is 2. The molecule has 1 amide bonds. The van der Waals surface area contributed by atoms with Gasteiger partial charge in [0.1, 0.15) is 11.9 Å². The molecule has 0 spiro atoms. The molecular formula is C27H32F3N5O2S. The Balaban J connectivity index is 2.51. The maximum Gasteiger partial charge on any atom is 0.207 e. The summed E-state index contributed by atoms with van der Waals surface area (Å²) in [7, 11) is 0. The van der Waals surface area contributed by atoms with Gasteiger partial charge >= 0.3 is 0 Å². The summed E-state index contributed by atoms with van der Waals surface area (Å²) in [5.41, 5.74) is 10.6. The number of carbonyl (C=O) groups excluding carboxylic acids is 1. The smallest absolute Gasteiger partial charge is 0.207 e. The Morgan fingerprint density at radius 3 is 2.58 bits per heavy atom. The van der Waals surface area contributed by atoms with E-state index in [1.54, 1.807) is 18.2 Å². The first-order chi connectivity index (χ1) is 17.9. The zero-order chi connectivity index (χ0) is 28.5. The van der Waals surface area contributed by atoms with Crippen LogP contribution in [-0.4, -0.2) is 36.2 Å². The first kappa shape index (κ1) is 30.8. The van der Waals surface area contributed by atoms with E-state index in [0.717, 1.165) is 6.07 Å². The molecule has 7 nitrogen and oxygen atoms in total. The molecule has 1 atom stereocenters. The molecule has 0 aliphatic rings. The normalized spacial score (nSPS) is 13.1. The van der Waals surface area contributed by atoms with Gasteiger partial charge in [-0.3, -0.25) is 4.79 Å². The first-order valence-electron chi connectivity index (χ1n) is 11.9. The van der Waals surface area contributed by atoms with Crippen molar-refractivity contribution in [2.45, 2.75) is 44.8 Å². The van der Waals surface area contributed by atoms with Crippen molar-refractivity contribution in [2.24, 2.45) is 5.73 Å². The molecule has 0 heterocycles. The van der Waals surface area contributed by atoms with Crippen LogP contribution in [0.5, 0.6) is 0 Å². The van der Waals surface area contributed by atoms with E-state index < -0.39 is 23.1 Å². The van der Waals surface area contributed by atoms with Crippen molar-refractivity contribution in [1.29, 1.82) is 5.26 Å². The average Bonchev–Trinajstić information content (AvgIpc) is 2.85. The molecule has 204 valence electrons. The molecule has 7 N–H and O–H groups in total. The fourth-order valence-corrected chi connectivity index (χ4v) is 3.90. The third kappa shape index (κ3) is 8.55. The molecular weight excluding hydrogens is 515 g/mol. The largest absolute Gasteiger partial charge is 0.397 e. The second kappa shape index (κ2) is 13.9. The monoisotopic (exact) mass is 547 g/mol. The predicted octanol–water partition coefficient (Wildman–Crippen LogP) is 4.34. The van der Waals surface area contributed by atoms with Crippen molar-refractivity contribution in [1.82, 2.24) is 5.32 Å². The van der Waals surface area contributed by atoms with E-state index >= 15 is 8.78 Å². The number of nitrogen functional groups attached to an aromatic ring is 1. The van der Waals surface area contributed by atoms with E-state index in [1.165, 1.54) is 32.0 Å². The fraction of sp³-hybridized carbons (Fsp3) is 0.333. The zero-order valence-electron chi connectivity index (χ0n) is 21.2. The van der Waals surface area contributed by atoms with Gasteiger partial charge in [-0.05, 0) is 62.4 Å². The summed E-state index contributed by atoms with van der Waals surface area (Å²) in [6, 6.07) is 6.56. The molecule has 2 aromatic carbocycles. The van der Waals surface area contributed by atoms with Gasteiger partial charge in [-0.25, -0.2) is 13.2 Å². The van der Waals surface area contributed by atoms with Crippen LogP contribution in [0.2, 0.25) is 0 Å². The van der Waals surface area contributed by atoms with Crippen LogP contribution >= 0.6 is 12.6 Å². The summed E-state index contributed by atoms with van der Waals surface area (Å²) < 4.78 is 44.7. The van der Waals surface area contributed by atoms with E-state index in [-0.39, 0.29) is 51.1 Å². The number of carbonyl (C=O) groups is 1. The minimum atomic E-state index is -1.25. The molecule has 2 aromatic rings. The first-order valence-corrected chi connectivity index (χ1v) is 12.3. The van der Waals surface area contributed by atoms with Crippen molar-refractivity contribution in [3.63, 3.8) is 0 Å². The molecule has 0 aromatic heterocycles. The quantitative estimate of drug-likeness (QED) is 0.0551. The Bertz CT molecular complexity index is 1250. The van der Waals surface area contributed by atoms with Gasteiger partial charge in [0.25, 0.3) is 0 Å². The molecule has 2 rings (SSSR count). The molecule has 38 heavy (non-hydrogen) atoms. The lowest BCUT2D eigenvalue weighted by atomic mass is 9.98. The molecule has 11 heteroatoms. The van der Waals surface area contributed by atoms with Crippen molar-refractivity contribution in [3.8, 4) is 6.07 Å². The highest BCUT2D eigenvalue weighted by Gasteiger charge is 2.22. The second-order valence-corrected chi connectivity index (χ2v) is 9.81. The van der Waals surface area contributed by atoms with E-state index in [2.05, 4.69) is 23.3 Å². The fourth-order valence-electron chi connectivity index (χ4n) is 3.54. The third-order valence-electron chi connectivity index (χ3n) is 5.55. The Labute approximate surface area is 225 Å². The van der Waals surface area contributed by atoms with Crippen LogP contribution in [0.1, 0.15) is 49.8 Å². The highest BCUT2D eigenvalue weighted by atomic mass is 32.1. The van der Waals surface area contributed by atoms with Crippen LogP contribution in [0.15, 0.2) is 36.4 Å². The lowest BCUT2D eigenvalue weighted by Gasteiger charge is -2.21. The molecule has 0 aliphatic carbocycles. The number of nitrogens with zero attached hydrogens (tertiary/aromatic N) is 1. The number of aliphatic hydroxyl groups is 1. The van der Waals surface area contributed by atoms with Crippen LogP contribution in [0.3, 0.4) is 0 Å². The number of anilines is 2. The summed E-state index contributed by atoms with van der Waals surface area (Å²) in [5.74, 6) is -3.27. The van der Waals surface area contributed by atoms with Gasteiger partial charge in [0.2, 0.25) is 6.41 Å². The van der Waals surface area contributed by atoms with Crippen molar-refractivity contribution < 1.29 is 23.1 Å². The number of benzene rings is 2. The van der Waals surface area contributed by atoms with Crippen molar-refractivity contribution in [3.05, 3.63) is 70.6 Å². The highest BCUT2D eigenvalue weighted by Crippen LogP contribution is 2.37. The number of amides is 1. The maximum atomic E-state index is 15.2. The standard InChI is InChI=1S/C27H32F3N5O2S/c1-27(2,37)14-35-25-22(33)12-20(23(29)24(25)30)26(38)19(16-8-9-17(13-31)21(28)11-16)7-3-5-18(32)6-4-10-34-15-36/h3,7-9,11-12,15,18,35,37-38H,4-6,10,14,32-33H2,1-2H3,(H,34,36)/b7-3+,26-19+. The van der Waals surface area contributed by atoms with Gasteiger partial charge in [-0.1, -0.05) is 18.2 Å². The third-order valence-corrected chi connectivity index (χ3v) is 6.03. The van der Waals surface area contributed by atoms with E-state index in [4.69, 9.17) is 16.7 Å². The summed E-state index contributed by atoms with van der Waals surface area (Å²) in [5, 5.41) is 24.1. The zero-order valence-corrected chi connectivity index (χ0v) is 22.1. The summed E-state index contributed by atoms with van der Waals surface area (Å²) >= 11 is 4.46. The van der Waals surface area contributed by atoms with E-state index in [1.807, 2.05) is 0 Å². The van der Waals surface area contributed by atoms with Crippen LogP contribution in [0.25, 0.3) is 10.5 Å². The minimum Gasteiger partial charge on any atom is -0.397 e. The Hall–Kier alpha value is -3.46. The average molecular weight is 548 g/mol. The lowest BCUT2D eigenvalue weighted by Crippen LogP contribution is -2.30. The van der Waals surface area contributed by atoms with Crippen molar-refractivity contribution >= 4 is 40.9 Å². The van der Waals surface area contributed by atoms with Gasteiger partial charge in [-0.2, -0.15) is 5.26 Å². The van der Waals surface area contributed by atoms with Gasteiger partial charge in [0.05, 0.1) is 22.5 Å². The lowest BCUT2D eigenvalue weighted by molar-refractivity contribution is -0.109.